The normalized spacial score (nSPS) is 19.5. The third-order valence-electron chi connectivity index (χ3n) is 4.53. The Hall–Kier alpha value is -3.15. The van der Waals surface area contributed by atoms with Gasteiger partial charge in [0, 0.05) is 24.0 Å². The predicted molar refractivity (Wildman–Crippen MR) is 92.3 cm³/mol. The molecule has 1 aromatic heterocycles. The van der Waals surface area contributed by atoms with Crippen LogP contribution in [0.2, 0.25) is 0 Å². The number of benzene rings is 1. The molecule has 0 saturated heterocycles. The monoisotopic (exact) mass is 390 g/mol. The van der Waals surface area contributed by atoms with E-state index < -0.39 is 17.6 Å². The van der Waals surface area contributed by atoms with Gasteiger partial charge in [0.2, 0.25) is 5.69 Å². The Morgan fingerprint density at radius 2 is 1.75 bits per heavy atom. The third kappa shape index (κ3) is 4.76. The molecule has 2 aromatic rings. The molecule has 1 N–H and O–H groups in total. The van der Waals surface area contributed by atoms with Gasteiger partial charge in [0.15, 0.2) is 0 Å². The number of halogens is 3. The fourth-order valence-corrected chi connectivity index (χ4v) is 3.05. The summed E-state index contributed by atoms with van der Waals surface area (Å²) in [5.41, 5.74) is -0.479. The van der Waals surface area contributed by atoms with Gasteiger partial charge in [-0.25, -0.2) is 9.97 Å². The number of rotatable bonds is 4. The minimum absolute atomic E-state index is 0.0908. The highest BCUT2D eigenvalue weighted by Crippen LogP contribution is 2.29. The third-order valence-corrected chi connectivity index (χ3v) is 4.53. The van der Waals surface area contributed by atoms with Gasteiger partial charge in [-0.1, -0.05) is 0 Å². The summed E-state index contributed by atoms with van der Waals surface area (Å²) in [4.78, 5) is 20.2. The van der Waals surface area contributed by atoms with Crippen LogP contribution in [-0.2, 0) is 6.18 Å². The summed E-state index contributed by atoms with van der Waals surface area (Å²) in [6.45, 7) is 0. The van der Waals surface area contributed by atoms with Crippen LogP contribution in [-0.4, -0.2) is 28.0 Å². The van der Waals surface area contributed by atoms with E-state index in [2.05, 4.69) is 15.3 Å². The molecule has 0 spiro atoms. The summed E-state index contributed by atoms with van der Waals surface area (Å²) >= 11 is 0. The van der Waals surface area contributed by atoms with Crippen molar-refractivity contribution in [3.05, 3.63) is 53.5 Å². The molecule has 0 atom stereocenters. The van der Waals surface area contributed by atoms with Gasteiger partial charge < -0.3 is 10.1 Å². The number of nitrogens with zero attached hydrogens (tertiary/aromatic N) is 3. The summed E-state index contributed by atoms with van der Waals surface area (Å²) < 4.78 is 43.5. The number of nitrogens with one attached hydrogen (secondary N) is 1. The topological polar surface area (TPSA) is 87.9 Å². The molecule has 1 fully saturated rings. The maximum atomic E-state index is 12.6. The van der Waals surface area contributed by atoms with Crippen molar-refractivity contribution >= 4 is 5.91 Å². The summed E-state index contributed by atoms with van der Waals surface area (Å²) in [5, 5.41) is 11.9. The number of aromatic nitrogens is 2. The van der Waals surface area contributed by atoms with E-state index >= 15 is 0 Å². The van der Waals surface area contributed by atoms with Crippen molar-refractivity contribution in [2.75, 3.05) is 0 Å². The van der Waals surface area contributed by atoms with Gasteiger partial charge in [0.05, 0.1) is 5.56 Å². The van der Waals surface area contributed by atoms with Crippen LogP contribution in [0.25, 0.3) is 0 Å². The summed E-state index contributed by atoms with van der Waals surface area (Å²) in [6, 6.07) is 5.97. The van der Waals surface area contributed by atoms with Gasteiger partial charge in [0.25, 0.3) is 11.8 Å². The molecule has 1 amide bonds. The molecule has 0 bridgehead atoms. The molecule has 3 rings (SSSR count). The summed E-state index contributed by atoms with van der Waals surface area (Å²) in [5.74, 6) is -0.207. The molecule has 0 aliphatic heterocycles. The van der Waals surface area contributed by atoms with E-state index in [4.69, 9.17) is 10.00 Å². The van der Waals surface area contributed by atoms with Gasteiger partial charge in [-0.2, -0.15) is 18.4 Å². The SMILES string of the molecule is N#Cc1nccnc1OC1CCC(NC(=O)c2ccc(C(F)(F)F)cc2)CC1. The second-order valence-corrected chi connectivity index (χ2v) is 6.46. The minimum atomic E-state index is -4.43. The maximum Gasteiger partial charge on any atom is 0.416 e. The molecular formula is C19H17F3N4O2. The second kappa shape index (κ2) is 8.25. The Morgan fingerprint density at radius 1 is 1.11 bits per heavy atom. The van der Waals surface area contributed by atoms with Gasteiger partial charge in [-0.3, -0.25) is 4.79 Å². The van der Waals surface area contributed by atoms with E-state index in [1.807, 2.05) is 6.07 Å². The highest BCUT2D eigenvalue weighted by atomic mass is 19.4. The zero-order valence-corrected chi connectivity index (χ0v) is 14.7. The van der Waals surface area contributed by atoms with E-state index in [9.17, 15) is 18.0 Å². The van der Waals surface area contributed by atoms with Crippen LogP contribution in [0.4, 0.5) is 13.2 Å². The fourth-order valence-electron chi connectivity index (χ4n) is 3.05. The van der Waals surface area contributed by atoms with Crippen molar-refractivity contribution in [3.8, 4) is 11.9 Å². The molecule has 28 heavy (non-hydrogen) atoms. The van der Waals surface area contributed by atoms with Crippen molar-refractivity contribution in [1.29, 1.82) is 5.26 Å². The van der Waals surface area contributed by atoms with Crippen LogP contribution < -0.4 is 10.1 Å². The minimum Gasteiger partial charge on any atom is -0.472 e. The lowest BCUT2D eigenvalue weighted by atomic mass is 9.92. The predicted octanol–water partition coefficient (Wildman–Crippen LogP) is 3.49. The molecule has 0 unspecified atom stereocenters. The van der Waals surface area contributed by atoms with Crippen LogP contribution >= 0.6 is 0 Å². The first kappa shape index (κ1) is 19.6. The average molecular weight is 390 g/mol. The fraction of sp³-hybridized carbons (Fsp3) is 0.368. The number of hydrogen-bond donors (Lipinski definition) is 1. The first-order valence-electron chi connectivity index (χ1n) is 8.72. The second-order valence-electron chi connectivity index (χ2n) is 6.46. The molecule has 1 heterocycles. The largest absolute Gasteiger partial charge is 0.472 e. The van der Waals surface area contributed by atoms with Crippen molar-refractivity contribution < 1.29 is 22.7 Å². The number of hydrogen-bond acceptors (Lipinski definition) is 5. The van der Waals surface area contributed by atoms with Crippen LogP contribution in [0.1, 0.15) is 47.3 Å². The molecule has 6 nitrogen and oxygen atoms in total. The molecule has 9 heteroatoms. The van der Waals surface area contributed by atoms with Crippen molar-refractivity contribution in [2.24, 2.45) is 0 Å². The molecule has 1 aliphatic rings. The van der Waals surface area contributed by atoms with Crippen molar-refractivity contribution in [1.82, 2.24) is 15.3 Å². The quantitative estimate of drug-likeness (QED) is 0.864. The standard InChI is InChI=1S/C19H17F3N4O2/c20-19(21,22)13-3-1-12(2-4-13)17(27)26-14-5-7-15(8-6-14)28-18-16(11-23)24-9-10-25-18/h1-4,9-10,14-15H,5-8H2,(H,26,27). The van der Waals surface area contributed by atoms with Gasteiger partial charge in [-0.05, 0) is 49.9 Å². The van der Waals surface area contributed by atoms with E-state index in [0.717, 1.165) is 12.1 Å². The van der Waals surface area contributed by atoms with E-state index in [0.29, 0.717) is 25.7 Å². The van der Waals surface area contributed by atoms with Crippen molar-refractivity contribution in [3.63, 3.8) is 0 Å². The Balaban J connectivity index is 1.51. The molecule has 1 aromatic carbocycles. The first-order chi connectivity index (χ1) is 13.4. The smallest absolute Gasteiger partial charge is 0.416 e. The van der Waals surface area contributed by atoms with Crippen LogP contribution in [0.5, 0.6) is 5.88 Å². The first-order valence-corrected chi connectivity index (χ1v) is 8.72. The van der Waals surface area contributed by atoms with E-state index in [-0.39, 0.29) is 29.3 Å². The Kier molecular flexibility index (Phi) is 5.78. The van der Waals surface area contributed by atoms with Crippen molar-refractivity contribution in [2.45, 2.75) is 44.0 Å². The van der Waals surface area contributed by atoms with Gasteiger partial charge in [0.1, 0.15) is 12.2 Å². The lowest BCUT2D eigenvalue weighted by Gasteiger charge is -2.29. The number of alkyl halides is 3. The van der Waals surface area contributed by atoms with Crippen LogP contribution in [0.3, 0.4) is 0 Å². The summed E-state index contributed by atoms with van der Waals surface area (Å²) in [6.07, 6.45) is 0.910. The lowest BCUT2D eigenvalue weighted by Crippen LogP contribution is -2.39. The highest BCUT2D eigenvalue weighted by Gasteiger charge is 2.30. The number of carbonyl (C=O) groups excluding carboxylic acids is 1. The number of carbonyl (C=O) groups is 1. The summed E-state index contributed by atoms with van der Waals surface area (Å²) in [7, 11) is 0. The molecule has 146 valence electrons. The van der Waals surface area contributed by atoms with Crippen LogP contribution in [0.15, 0.2) is 36.7 Å². The average Bonchev–Trinajstić information content (AvgIpc) is 2.69. The number of amides is 1. The number of nitriles is 1. The van der Waals surface area contributed by atoms with E-state index in [1.54, 1.807) is 0 Å². The molecular weight excluding hydrogens is 373 g/mol. The zero-order valence-electron chi connectivity index (χ0n) is 14.7. The zero-order chi connectivity index (χ0) is 20.1. The molecule has 1 saturated carbocycles. The Labute approximate surface area is 159 Å². The Morgan fingerprint density at radius 3 is 2.36 bits per heavy atom. The highest BCUT2D eigenvalue weighted by molar-refractivity contribution is 5.94. The van der Waals surface area contributed by atoms with Crippen LogP contribution in [0, 0.1) is 11.3 Å². The van der Waals surface area contributed by atoms with Gasteiger partial charge in [-0.15, -0.1) is 0 Å². The van der Waals surface area contributed by atoms with E-state index in [1.165, 1.54) is 24.5 Å². The Bertz CT molecular complexity index is 870. The maximum absolute atomic E-state index is 12.6. The number of ether oxygens (including phenoxy) is 1. The van der Waals surface area contributed by atoms with Gasteiger partial charge >= 0.3 is 6.18 Å². The lowest BCUT2D eigenvalue weighted by molar-refractivity contribution is -0.137. The molecule has 1 aliphatic carbocycles. The molecule has 0 radical (unpaired) electrons.